The van der Waals surface area contributed by atoms with E-state index in [1.165, 1.54) is 24.3 Å². The zero-order valence-electron chi connectivity index (χ0n) is 18.5. The molecule has 33 heavy (non-hydrogen) atoms. The Bertz CT molecular complexity index is 1400. The summed E-state index contributed by atoms with van der Waals surface area (Å²) in [5.74, 6) is -0.808. The van der Waals surface area contributed by atoms with Crippen LogP contribution in [-0.4, -0.2) is 31.6 Å². The van der Waals surface area contributed by atoms with Gasteiger partial charge in [0.2, 0.25) is 0 Å². The Labute approximate surface area is 194 Å². The number of aryl methyl sites for hydroxylation is 3. The smallest absolute Gasteiger partial charge is 0.272 e. The van der Waals surface area contributed by atoms with Gasteiger partial charge < -0.3 is 0 Å². The molecule has 0 radical (unpaired) electrons. The largest absolute Gasteiger partial charge is 0.281 e. The Hall–Kier alpha value is -3.01. The summed E-state index contributed by atoms with van der Waals surface area (Å²) >= 11 is 0. The van der Waals surface area contributed by atoms with E-state index in [2.05, 4.69) is 0 Å². The first-order valence-corrected chi connectivity index (χ1v) is 13.2. The third-order valence-corrected chi connectivity index (χ3v) is 9.19. The van der Waals surface area contributed by atoms with Gasteiger partial charge in [0.25, 0.3) is 26.0 Å². The van der Waals surface area contributed by atoms with Crippen molar-refractivity contribution in [1.82, 2.24) is 8.83 Å². The Morgan fingerprint density at radius 3 is 1.48 bits per heavy atom. The van der Waals surface area contributed by atoms with Gasteiger partial charge in [-0.15, -0.1) is 4.41 Å². The lowest BCUT2D eigenvalue weighted by atomic mass is 10.0. The molecule has 1 fully saturated rings. The number of hydrogen-bond donors (Lipinski definition) is 0. The van der Waals surface area contributed by atoms with Crippen LogP contribution in [0.5, 0.6) is 0 Å². The number of nitrogens with zero attached hydrogens (tertiary/aromatic N) is 2. The maximum absolute atomic E-state index is 13.8. The van der Waals surface area contributed by atoms with Crippen molar-refractivity contribution in [2.75, 3.05) is 0 Å². The molecule has 1 saturated heterocycles. The molecular formula is C24H24N2O5S2. The normalized spacial score (nSPS) is 17.5. The molecule has 172 valence electrons. The molecule has 3 aromatic carbocycles. The molecule has 1 aliphatic heterocycles. The lowest BCUT2D eigenvalue weighted by Gasteiger charge is -2.30. The van der Waals surface area contributed by atoms with E-state index in [-0.39, 0.29) is 16.2 Å². The Balaban J connectivity index is 1.90. The molecular weight excluding hydrogens is 460 g/mol. The van der Waals surface area contributed by atoms with Gasteiger partial charge in [-0.05, 0) is 50.6 Å². The van der Waals surface area contributed by atoms with Crippen LogP contribution in [0.3, 0.4) is 0 Å². The molecule has 1 atom stereocenters. The highest BCUT2D eigenvalue weighted by molar-refractivity contribution is 7.92. The lowest BCUT2D eigenvalue weighted by molar-refractivity contribution is -0.126. The molecule has 3 aromatic rings. The van der Waals surface area contributed by atoms with E-state index in [1.807, 2.05) is 13.8 Å². The average Bonchev–Trinajstić information content (AvgIpc) is 3.13. The van der Waals surface area contributed by atoms with Crippen LogP contribution >= 0.6 is 0 Å². The van der Waals surface area contributed by atoms with Gasteiger partial charge in [0.1, 0.15) is 0 Å². The first kappa shape index (κ1) is 23.2. The number of amides is 1. The van der Waals surface area contributed by atoms with Gasteiger partial charge in [-0.3, -0.25) is 4.79 Å². The molecule has 0 bridgehead atoms. The summed E-state index contributed by atoms with van der Waals surface area (Å²) in [4.78, 5) is 12.8. The number of benzene rings is 3. The van der Waals surface area contributed by atoms with Crippen LogP contribution in [0, 0.1) is 20.8 Å². The number of hydrogen-bond acceptors (Lipinski definition) is 5. The van der Waals surface area contributed by atoms with Crippen molar-refractivity contribution in [2.24, 2.45) is 0 Å². The van der Waals surface area contributed by atoms with Crippen LogP contribution in [0.2, 0.25) is 0 Å². The predicted molar refractivity (Wildman–Crippen MR) is 124 cm³/mol. The second-order valence-corrected chi connectivity index (χ2v) is 11.7. The SMILES string of the molecule is Cc1ccc(C2CC(=O)N(S(=O)(=O)c3ccc(C)cc3)N2S(=O)(=O)c2ccc(C)cc2)cc1. The van der Waals surface area contributed by atoms with Crippen LogP contribution in [0.25, 0.3) is 0 Å². The summed E-state index contributed by atoms with van der Waals surface area (Å²) in [5, 5.41) is 0. The van der Waals surface area contributed by atoms with Crippen LogP contribution in [-0.2, 0) is 24.8 Å². The fraction of sp³-hybridized carbons (Fsp3) is 0.208. The second kappa shape index (κ2) is 8.40. The first-order chi connectivity index (χ1) is 15.5. The topological polar surface area (TPSA) is 91.8 Å². The Morgan fingerprint density at radius 1 is 0.636 bits per heavy atom. The molecule has 9 heteroatoms. The minimum atomic E-state index is -4.47. The predicted octanol–water partition coefficient (Wildman–Crippen LogP) is 3.88. The van der Waals surface area contributed by atoms with Crippen molar-refractivity contribution in [3.8, 4) is 0 Å². The number of rotatable bonds is 5. The molecule has 7 nitrogen and oxygen atoms in total. The maximum Gasteiger partial charge on any atom is 0.281 e. The Kier molecular flexibility index (Phi) is 5.90. The quantitative estimate of drug-likeness (QED) is 0.548. The number of carbonyl (C=O) groups excluding carboxylic acids is 1. The highest BCUT2D eigenvalue weighted by Crippen LogP contribution is 2.41. The summed E-state index contributed by atoms with van der Waals surface area (Å²) in [6, 6.07) is 18.1. The summed E-state index contributed by atoms with van der Waals surface area (Å²) in [5.41, 5.74) is 3.18. The highest BCUT2D eigenvalue weighted by atomic mass is 32.2. The van der Waals surface area contributed by atoms with E-state index < -0.39 is 32.0 Å². The van der Waals surface area contributed by atoms with Crippen LogP contribution in [0.1, 0.15) is 34.7 Å². The van der Waals surface area contributed by atoms with E-state index in [0.717, 1.165) is 21.1 Å². The molecule has 0 spiro atoms. The minimum Gasteiger partial charge on any atom is -0.272 e. The standard InChI is InChI=1S/C24H24N2O5S2/c1-17-4-10-20(11-5-17)23-16-24(27)26(33(30,31)22-14-8-19(3)9-15-22)25(23)32(28,29)21-12-6-18(2)7-13-21/h4-15,23H,16H2,1-3H3. The summed E-state index contributed by atoms with van der Waals surface area (Å²) < 4.78 is 55.7. The van der Waals surface area contributed by atoms with Gasteiger partial charge in [-0.25, -0.2) is 8.42 Å². The van der Waals surface area contributed by atoms with Gasteiger partial charge in [-0.2, -0.15) is 8.42 Å². The molecule has 0 aliphatic carbocycles. The van der Waals surface area contributed by atoms with Crippen molar-refractivity contribution in [2.45, 2.75) is 43.0 Å². The zero-order valence-corrected chi connectivity index (χ0v) is 20.1. The van der Waals surface area contributed by atoms with Gasteiger partial charge >= 0.3 is 0 Å². The van der Waals surface area contributed by atoms with Crippen molar-refractivity contribution in [3.63, 3.8) is 0 Å². The van der Waals surface area contributed by atoms with Crippen LogP contribution in [0.15, 0.2) is 82.6 Å². The van der Waals surface area contributed by atoms with Gasteiger partial charge in [0.15, 0.2) is 0 Å². The number of sulfonamides is 2. The minimum absolute atomic E-state index is 0.0935. The molecule has 1 amide bonds. The molecule has 0 aromatic heterocycles. The van der Waals surface area contributed by atoms with Crippen molar-refractivity contribution in [1.29, 1.82) is 0 Å². The van der Waals surface area contributed by atoms with Crippen LogP contribution < -0.4 is 0 Å². The molecule has 1 unspecified atom stereocenters. The number of hydrazine groups is 1. The van der Waals surface area contributed by atoms with Crippen molar-refractivity contribution < 1.29 is 21.6 Å². The van der Waals surface area contributed by atoms with E-state index in [9.17, 15) is 21.6 Å². The second-order valence-electron chi connectivity index (χ2n) is 8.18. The third-order valence-electron chi connectivity index (χ3n) is 5.60. The molecule has 1 aliphatic rings. The summed E-state index contributed by atoms with van der Waals surface area (Å²) in [7, 11) is -8.86. The highest BCUT2D eigenvalue weighted by Gasteiger charge is 2.52. The molecule has 0 N–H and O–H groups in total. The molecule has 0 saturated carbocycles. The van der Waals surface area contributed by atoms with Gasteiger partial charge in [-0.1, -0.05) is 69.6 Å². The monoisotopic (exact) mass is 484 g/mol. The molecule has 1 heterocycles. The third kappa shape index (κ3) is 4.19. The lowest BCUT2D eigenvalue weighted by Crippen LogP contribution is -2.47. The van der Waals surface area contributed by atoms with Gasteiger partial charge in [0.05, 0.1) is 22.3 Å². The van der Waals surface area contributed by atoms with Crippen molar-refractivity contribution >= 4 is 26.0 Å². The average molecular weight is 485 g/mol. The Morgan fingerprint density at radius 2 is 1.03 bits per heavy atom. The fourth-order valence-electron chi connectivity index (χ4n) is 3.73. The first-order valence-electron chi connectivity index (χ1n) is 10.3. The number of carbonyl (C=O) groups is 1. The summed E-state index contributed by atoms with van der Waals surface area (Å²) in [6.07, 6.45) is -0.292. The fourth-order valence-corrected chi connectivity index (χ4v) is 7.11. The van der Waals surface area contributed by atoms with E-state index in [4.69, 9.17) is 0 Å². The van der Waals surface area contributed by atoms with E-state index in [1.54, 1.807) is 55.5 Å². The van der Waals surface area contributed by atoms with Crippen LogP contribution in [0.4, 0.5) is 0 Å². The maximum atomic E-state index is 13.8. The van der Waals surface area contributed by atoms with E-state index >= 15 is 0 Å². The summed E-state index contributed by atoms with van der Waals surface area (Å²) in [6.45, 7) is 5.51. The van der Waals surface area contributed by atoms with Crippen molar-refractivity contribution in [3.05, 3.63) is 95.1 Å². The molecule has 4 rings (SSSR count). The van der Waals surface area contributed by atoms with E-state index in [0.29, 0.717) is 9.98 Å². The van der Waals surface area contributed by atoms with Gasteiger partial charge in [0, 0.05) is 0 Å². The zero-order chi connectivity index (χ0) is 24.0.